The highest BCUT2D eigenvalue weighted by Gasteiger charge is 2.30. The largest absolute Gasteiger partial charge is 0.390 e. The second-order valence-electron chi connectivity index (χ2n) is 11.4. The molecule has 7 nitrogen and oxygen atoms in total. The van der Waals surface area contributed by atoms with Crippen LogP contribution in [0.4, 0.5) is 8.78 Å². The van der Waals surface area contributed by atoms with Gasteiger partial charge >= 0.3 is 0 Å². The van der Waals surface area contributed by atoms with Crippen molar-refractivity contribution in [2.75, 3.05) is 26.8 Å². The van der Waals surface area contributed by atoms with Gasteiger partial charge in [-0.25, -0.2) is 8.78 Å². The van der Waals surface area contributed by atoms with E-state index in [1.54, 1.807) is 30.2 Å². The van der Waals surface area contributed by atoms with Crippen molar-refractivity contribution in [3.8, 4) is 0 Å². The molecule has 0 aromatic heterocycles. The molecule has 2 amide bonds. The Bertz CT molecular complexity index is 1410. The van der Waals surface area contributed by atoms with Crippen molar-refractivity contribution in [1.82, 2.24) is 9.80 Å². The molecule has 230 valence electrons. The van der Waals surface area contributed by atoms with Gasteiger partial charge in [0.15, 0.2) is 0 Å². The Morgan fingerprint density at radius 2 is 1.74 bits per heavy atom. The summed E-state index contributed by atoms with van der Waals surface area (Å²) in [5, 5.41) is 11.1. The molecule has 9 heteroatoms. The van der Waals surface area contributed by atoms with Gasteiger partial charge in [0, 0.05) is 50.0 Å². The summed E-state index contributed by atoms with van der Waals surface area (Å²) in [5.41, 5.74) is 10.1. The van der Waals surface area contributed by atoms with E-state index in [-0.39, 0.29) is 37.4 Å². The summed E-state index contributed by atoms with van der Waals surface area (Å²) in [6.07, 6.45) is 1.41. The lowest BCUT2D eigenvalue weighted by molar-refractivity contribution is 0.0554. The van der Waals surface area contributed by atoms with Gasteiger partial charge in [0.25, 0.3) is 11.8 Å². The van der Waals surface area contributed by atoms with E-state index in [1.807, 2.05) is 38.1 Å². The summed E-state index contributed by atoms with van der Waals surface area (Å²) in [6, 6.07) is 15.2. The first kappa shape index (κ1) is 32.3. The predicted octanol–water partition coefficient (Wildman–Crippen LogP) is 4.66. The van der Waals surface area contributed by atoms with Gasteiger partial charge in [-0.3, -0.25) is 9.59 Å². The molecule has 1 saturated heterocycles. The Morgan fingerprint density at radius 1 is 1.05 bits per heavy atom. The molecular weight excluding hydrogens is 552 g/mol. The summed E-state index contributed by atoms with van der Waals surface area (Å²) in [5.74, 6) is -1.96. The molecule has 1 heterocycles. The number of aliphatic hydroxyl groups is 1. The van der Waals surface area contributed by atoms with Gasteiger partial charge in [0.2, 0.25) is 0 Å². The molecule has 0 radical (unpaired) electrons. The molecule has 43 heavy (non-hydrogen) atoms. The number of rotatable bonds is 12. The molecule has 0 unspecified atom stereocenters. The number of methoxy groups -OCH3 is 1. The smallest absolute Gasteiger partial charge is 0.254 e. The minimum Gasteiger partial charge on any atom is -0.390 e. The van der Waals surface area contributed by atoms with E-state index in [0.717, 1.165) is 42.0 Å². The first-order valence-electron chi connectivity index (χ1n) is 14.7. The summed E-state index contributed by atoms with van der Waals surface area (Å²) in [4.78, 5) is 30.9. The summed E-state index contributed by atoms with van der Waals surface area (Å²) < 4.78 is 32.8. The molecular formula is C34H41F2N3O4. The van der Waals surface area contributed by atoms with Crippen LogP contribution in [0.2, 0.25) is 0 Å². The van der Waals surface area contributed by atoms with E-state index in [4.69, 9.17) is 10.5 Å². The number of carbonyl (C=O) groups excluding carboxylic acids is 2. The van der Waals surface area contributed by atoms with Crippen molar-refractivity contribution in [1.29, 1.82) is 0 Å². The van der Waals surface area contributed by atoms with Crippen LogP contribution in [0.3, 0.4) is 0 Å². The van der Waals surface area contributed by atoms with Crippen LogP contribution in [-0.2, 0) is 24.1 Å². The normalized spacial score (nSPS) is 16.3. The van der Waals surface area contributed by atoms with Crippen molar-refractivity contribution < 1.29 is 28.2 Å². The maximum atomic E-state index is 14.1. The average Bonchev–Trinajstić information content (AvgIpc) is 3.43. The lowest BCUT2D eigenvalue weighted by Crippen LogP contribution is -2.46. The number of nitrogens with zero attached hydrogens (tertiary/aromatic N) is 2. The maximum Gasteiger partial charge on any atom is 0.254 e. The average molecular weight is 594 g/mol. The summed E-state index contributed by atoms with van der Waals surface area (Å²) in [6.45, 7) is 5.04. The highest BCUT2D eigenvalue weighted by atomic mass is 19.1. The van der Waals surface area contributed by atoms with Crippen LogP contribution in [-0.4, -0.2) is 71.7 Å². The Hall–Kier alpha value is -3.66. The molecule has 3 aromatic rings. The molecule has 0 spiro atoms. The van der Waals surface area contributed by atoms with Crippen LogP contribution < -0.4 is 5.73 Å². The van der Waals surface area contributed by atoms with Crippen LogP contribution >= 0.6 is 0 Å². The van der Waals surface area contributed by atoms with Gasteiger partial charge in [-0.05, 0) is 85.2 Å². The molecule has 0 saturated carbocycles. The van der Waals surface area contributed by atoms with E-state index >= 15 is 0 Å². The molecule has 4 rings (SSSR count). The maximum absolute atomic E-state index is 14.1. The van der Waals surface area contributed by atoms with Gasteiger partial charge < -0.3 is 25.4 Å². The predicted molar refractivity (Wildman–Crippen MR) is 162 cm³/mol. The lowest BCUT2D eigenvalue weighted by Gasteiger charge is -2.29. The van der Waals surface area contributed by atoms with E-state index in [2.05, 4.69) is 0 Å². The summed E-state index contributed by atoms with van der Waals surface area (Å²) >= 11 is 0. The van der Waals surface area contributed by atoms with Crippen molar-refractivity contribution in [2.45, 2.75) is 64.3 Å². The van der Waals surface area contributed by atoms with Crippen molar-refractivity contribution in [3.63, 3.8) is 0 Å². The first-order valence-corrected chi connectivity index (χ1v) is 14.7. The quantitative estimate of drug-likeness (QED) is 0.319. The minimum absolute atomic E-state index is 0.0114. The van der Waals surface area contributed by atoms with Crippen LogP contribution in [0.1, 0.15) is 62.7 Å². The fourth-order valence-electron chi connectivity index (χ4n) is 5.73. The zero-order valence-electron chi connectivity index (χ0n) is 25.1. The highest BCUT2D eigenvalue weighted by molar-refractivity contribution is 6.00. The standard InChI is InChI=1S/C34H41F2N3O4/c1-4-23-7-5-8-24(13-23)19-38(20-32(40)31(37)16-25-14-28(35)18-29(36)15-25)33(41)26-11-22(2)12-27(17-26)34(42)39-10-6-9-30(39)21-43-3/h5,7-8,11-15,17-18,30-32,40H,4,6,9-10,16,19-21,37H2,1-3H3/t30-,31+,32-/m1/s1. The van der Waals surface area contributed by atoms with E-state index in [1.165, 1.54) is 17.0 Å². The first-order chi connectivity index (χ1) is 20.6. The Kier molecular flexibility index (Phi) is 11.0. The number of amides is 2. The fraction of sp³-hybridized carbons (Fsp3) is 0.412. The third-order valence-corrected chi connectivity index (χ3v) is 7.92. The Balaban J connectivity index is 1.60. The van der Waals surface area contributed by atoms with E-state index < -0.39 is 23.8 Å². The number of carbonyl (C=O) groups is 2. The molecule has 0 bridgehead atoms. The summed E-state index contributed by atoms with van der Waals surface area (Å²) in [7, 11) is 1.62. The number of nitrogens with two attached hydrogens (primary N) is 1. The number of hydrogen-bond donors (Lipinski definition) is 2. The molecule has 0 aliphatic carbocycles. The second kappa shape index (κ2) is 14.7. The number of aryl methyl sites for hydroxylation is 2. The molecule has 1 fully saturated rings. The Morgan fingerprint density at radius 3 is 2.44 bits per heavy atom. The zero-order chi connectivity index (χ0) is 31.1. The second-order valence-corrected chi connectivity index (χ2v) is 11.4. The number of halogens is 2. The number of ether oxygens (including phenoxy) is 1. The number of benzene rings is 3. The van der Waals surface area contributed by atoms with Gasteiger partial charge in [-0.1, -0.05) is 31.2 Å². The van der Waals surface area contributed by atoms with Crippen LogP contribution in [0.5, 0.6) is 0 Å². The monoisotopic (exact) mass is 593 g/mol. The van der Waals surface area contributed by atoms with E-state index in [9.17, 15) is 23.5 Å². The van der Waals surface area contributed by atoms with Crippen LogP contribution in [0.15, 0.2) is 60.7 Å². The number of aliphatic hydroxyl groups excluding tert-OH is 1. The van der Waals surface area contributed by atoms with E-state index in [0.29, 0.717) is 29.8 Å². The number of hydrogen-bond acceptors (Lipinski definition) is 5. The van der Waals surface area contributed by atoms with Crippen molar-refractivity contribution in [2.24, 2.45) is 5.73 Å². The molecule has 3 N–H and O–H groups in total. The highest BCUT2D eigenvalue weighted by Crippen LogP contribution is 2.23. The van der Waals surface area contributed by atoms with Gasteiger partial charge in [-0.2, -0.15) is 0 Å². The van der Waals surface area contributed by atoms with Crippen LogP contribution in [0.25, 0.3) is 0 Å². The van der Waals surface area contributed by atoms with Gasteiger partial charge in [-0.15, -0.1) is 0 Å². The molecule has 3 atom stereocenters. The molecule has 1 aliphatic heterocycles. The lowest BCUT2D eigenvalue weighted by atomic mass is 10.00. The van der Waals surface area contributed by atoms with Gasteiger partial charge in [0.05, 0.1) is 18.8 Å². The fourth-order valence-corrected chi connectivity index (χ4v) is 5.73. The third-order valence-electron chi connectivity index (χ3n) is 7.92. The SMILES string of the molecule is CCc1cccc(CN(C[C@@H](O)[C@@H](N)Cc2cc(F)cc(F)c2)C(=O)c2cc(C)cc(C(=O)N3CCC[C@@H]3COC)c2)c1. The Labute approximate surface area is 252 Å². The number of likely N-dealkylation sites (tertiary alicyclic amines) is 1. The zero-order valence-corrected chi connectivity index (χ0v) is 25.1. The minimum atomic E-state index is -1.19. The molecule has 1 aliphatic rings. The molecule has 3 aromatic carbocycles. The third kappa shape index (κ3) is 8.46. The topological polar surface area (TPSA) is 96.1 Å². The van der Waals surface area contributed by atoms with Crippen molar-refractivity contribution >= 4 is 11.8 Å². The van der Waals surface area contributed by atoms with Crippen molar-refractivity contribution in [3.05, 3.63) is 106 Å². The van der Waals surface area contributed by atoms with Gasteiger partial charge in [0.1, 0.15) is 11.6 Å². The van der Waals surface area contributed by atoms with Crippen LogP contribution in [0, 0.1) is 18.6 Å².